The topological polar surface area (TPSA) is 49.4 Å². The third-order valence-electron chi connectivity index (χ3n) is 4.22. The van der Waals surface area contributed by atoms with Gasteiger partial charge in [-0.1, -0.05) is 38.1 Å². The Kier molecular flexibility index (Phi) is 4.99. The molecule has 1 aromatic carbocycles. The predicted octanol–water partition coefficient (Wildman–Crippen LogP) is 2.12. The van der Waals surface area contributed by atoms with Crippen LogP contribution in [0.25, 0.3) is 0 Å². The molecule has 1 heterocycles. The number of amides is 2. The summed E-state index contributed by atoms with van der Waals surface area (Å²) in [5, 5.41) is 2.86. The SMILES string of the molecule is CCNC(=O)[C@@H]1Cc2ccccc2CN1C(=O)[C@@H](C)CC. The van der Waals surface area contributed by atoms with Crippen molar-refractivity contribution >= 4 is 11.8 Å². The highest BCUT2D eigenvalue weighted by atomic mass is 16.2. The van der Waals surface area contributed by atoms with E-state index in [9.17, 15) is 9.59 Å². The minimum absolute atomic E-state index is 0.0489. The van der Waals surface area contributed by atoms with Crippen molar-refractivity contribution in [3.63, 3.8) is 0 Å². The van der Waals surface area contributed by atoms with Crippen molar-refractivity contribution in [2.45, 2.75) is 46.2 Å². The lowest BCUT2D eigenvalue weighted by Crippen LogP contribution is -2.53. The van der Waals surface area contributed by atoms with Gasteiger partial charge in [-0.25, -0.2) is 0 Å². The smallest absolute Gasteiger partial charge is 0.243 e. The second kappa shape index (κ2) is 6.74. The Balaban J connectivity index is 2.30. The first-order chi connectivity index (χ1) is 10.1. The normalized spacial score (nSPS) is 18.8. The Morgan fingerprint density at radius 1 is 1.29 bits per heavy atom. The van der Waals surface area contributed by atoms with Gasteiger partial charge in [-0.15, -0.1) is 0 Å². The highest BCUT2D eigenvalue weighted by molar-refractivity contribution is 5.89. The lowest BCUT2D eigenvalue weighted by molar-refractivity contribution is -0.144. The van der Waals surface area contributed by atoms with E-state index >= 15 is 0 Å². The van der Waals surface area contributed by atoms with Crippen molar-refractivity contribution in [1.29, 1.82) is 0 Å². The second-order valence-electron chi connectivity index (χ2n) is 5.66. The lowest BCUT2D eigenvalue weighted by Gasteiger charge is -2.37. The Morgan fingerprint density at radius 3 is 2.57 bits per heavy atom. The molecule has 1 aliphatic heterocycles. The van der Waals surface area contributed by atoms with E-state index in [1.807, 2.05) is 45.0 Å². The summed E-state index contributed by atoms with van der Waals surface area (Å²) in [6.07, 6.45) is 1.39. The van der Waals surface area contributed by atoms with Crippen LogP contribution >= 0.6 is 0 Å². The van der Waals surface area contributed by atoms with Gasteiger partial charge in [0, 0.05) is 25.4 Å². The molecule has 2 rings (SSSR count). The average Bonchev–Trinajstić information content (AvgIpc) is 2.52. The van der Waals surface area contributed by atoms with Crippen LogP contribution in [0.15, 0.2) is 24.3 Å². The molecule has 1 N–H and O–H groups in total. The summed E-state index contributed by atoms with van der Waals surface area (Å²) in [6.45, 7) is 6.94. The van der Waals surface area contributed by atoms with Gasteiger partial charge in [0.1, 0.15) is 6.04 Å². The number of carbonyl (C=O) groups is 2. The zero-order chi connectivity index (χ0) is 15.4. The summed E-state index contributed by atoms with van der Waals surface area (Å²) >= 11 is 0. The highest BCUT2D eigenvalue weighted by Crippen LogP contribution is 2.25. The van der Waals surface area contributed by atoms with Gasteiger partial charge in [0.2, 0.25) is 11.8 Å². The molecule has 2 atom stereocenters. The lowest BCUT2D eigenvalue weighted by atomic mass is 9.92. The fraction of sp³-hybridized carbons (Fsp3) is 0.529. The number of benzene rings is 1. The molecule has 0 aromatic heterocycles. The minimum Gasteiger partial charge on any atom is -0.355 e. The van der Waals surface area contributed by atoms with Gasteiger partial charge in [0.15, 0.2) is 0 Å². The van der Waals surface area contributed by atoms with Gasteiger partial charge in [-0.3, -0.25) is 9.59 Å². The summed E-state index contributed by atoms with van der Waals surface area (Å²) in [7, 11) is 0. The number of hydrogen-bond donors (Lipinski definition) is 1. The zero-order valence-electron chi connectivity index (χ0n) is 13.1. The zero-order valence-corrected chi connectivity index (χ0v) is 13.1. The maximum absolute atomic E-state index is 12.6. The number of nitrogens with zero attached hydrogens (tertiary/aromatic N) is 1. The summed E-state index contributed by atoms with van der Waals surface area (Å²) in [5.41, 5.74) is 2.32. The second-order valence-corrected chi connectivity index (χ2v) is 5.66. The van der Waals surface area contributed by atoms with Crippen LogP contribution < -0.4 is 5.32 Å². The minimum atomic E-state index is -0.388. The van der Waals surface area contributed by atoms with Crippen molar-refractivity contribution < 1.29 is 9.59 Å². The number of fused-ring (bicyclic) bond motifs is 1. The molecular formula is C17H24N2O2. The van der Waals surface area contributed by atoms with Gasteiger partial charge < -0.3 is 10.2 Å². The first-order valence-corrected chi connectivity index (χ1v) is 7.73. The molecule has 0 radical (unpaired) electrons. The highest BCUT2D eigenvalue weighted by Gasteiger charge is 2.35. The van der Waals surface area contributed by atoms with Crippen molar-refractivity contribution in [3.8, 4) is 0 Å². The Labute approximate surface area is 126 Å². The average molecular weight is 288 g/mol. The Hall–Kier alpha value is -1.84. The molecule has 21 heavy (non-hydrogen) atoms. The van der Waals surface area contributed by atoms with Crippen LogP contribution in [0.3, 0.4) is 0 Å². The quantitative estimate of drug-likeness (QED) is 0.922. The number of rotatable bonds is 4. The molecule has 0 unspecified atom stereocenters. The van der Waals surface area contributed by atoms with E-state index in [4.69, 9.17) is 0 Å². The Morgan fingerprint density at radius 2 is 1.95 bits per heavy atom. The third-order valence-corrected chi connectivity index (χ3v) is 4.22. The van der Waals surface area contributed by atoms with E-state index in [1.165, 1.54) is 5.56 Å². The number of nitrogens with one attached hydrogen (secondary N) is 1. The standard InChI is InChI=1S/C17H24N2O2/c1-4-12(3)17(21)19-11-14-9-7-6-8-13(14)10-15(19)16(20)18-5-2/h6-9,12,15H,4-5,10-11H2,1-3H3,(H,18,20)/t12-,15-/m0/s1. The van der Waals surface area contributed by atoms with E-state index in [1.54, 1.807) is 4.90 Å². The molecule has 0 aliphatic carbocycles. The van der Waals surface area contributed by atoms with Crippen molar-refractivity contribution in [2.75, 3.05) is 6.54 Å². The largest absolute Gasteiger partial charge is 0.355 e. The van der Waals surface area contributed by atoms with Crippen LogP contribution in [0, 0.1) is 5.92 Å². The van der Waals surface area contributed by atoms with Crippen LogP contribution in [0.4, 0.5) is 0 Å². The molecule has 114 valence electrons. The fourth-order valence-electron chi connectivity index (χ4n) is 2.74. The van der Waals surface area contributed by atoms with Gasteiger partial charge in [-0.2, -0.15) is 0 Å². The van der Waals surface area contributed by atoms with Crippen LogP contribution in [-0.4, -0.2) is 29.3 Å². The number of hydrogen-bond acceptors (Lipinski definition) is 2. The van der Waals surface area contributed by atoms with E-state index in [0.717, 1.165) is 12.0 Å². The van der Waals surface area contributed by atoms with E-state index < -0.39 is 0 Å². The molecule has 2 amide bonds. The monoisotopic (exact) mass is 288 g/mol. The molecular weight excluding hydrogens is 264 g/mol. The molecule has 0 saturated heterocycles. The van der Waals surface area contributed by atoms with Crippen LogP contribution in [0.5, 0.6) is 0 Å². The maximum Gasteiger partial charge on any atom is 0.243 e. The predicted molar refractivity (Wildman–Crippen MR) is 82.6 cm³/mol. The first kappa shape index (κ1) is 15.5. The van der Waals surface area contributed by atoms with Crippen molar-refractivity contribution in [3.05, 3.63) is 35.4 Å². The van der Waals surface area contributed by atoms with Gasteiger partial charge in [0.05, 0.1) is 0 Å². The van der Waals surface area contributed by atoms with E-state index in [2.05, 4.69) is 5.32 Å². The molecule has 1 aliphatic rings. The molecule has 1 aromatic rings. The van der Waals surface area contributed by atoms with Crippen LogP contribution in [0.1, 0.15) is 38.3 Å². The number of carbonyl (C=O) groups excluding carboxylic acids is 2. The molecule has 0 saturated carbocycles. The molecule has 0 fully saturated rings. The van der Waals surface area contributed by atoms with Gasteiger partial charge in [0.25, 0.3) is 0 Å². The first-order valence-electron chi connectivity index (χ1n) is 7.73. The van der Waals surface area contributed by atoms with Crippen LogP contribution in [0.2, 0.25) is 0 Å². The Bertz CT molecular complexity index is 527. The van der Waals surface area contributed by atoms with Crippen molar-refractivity contribution in [1.82, 2.24) is 10.2 Å². The molecule has 0 bridgehead atoms. The van der Waals surface area contributed by atoms with E-state index in [-0.39, 0.29) is 23.8 Å². The maximum atomic E-state index is 12.6. The van der Waals surface area contributed by atoms with Crippen molar-refractivity contribution in [2.24, 2.45) is 5.92 Å². The third kappa shape index (κ3) is 3.26. The molecule has 0 spiro atoms. The van der Waals surface area contributed by atoms with Gasteiger partial charge in [-0.05, 0) is 24.5 Å². The summed E-state index contributed by atoms with van der Waals surface area (Å²) in [4.78, 5) is 26.7. The molecule has 4 nitrogen and oxygen atoms in total. The fourth-order valence-corrected chi connectivity index (χ4v) is 2.74. The molecule has 4 heteroatoms. The summed E-state index contributed by atoms with van der Waals surface area (Å²) in [5.74, 6) is -0.0286. The van der Waals surface area contributed by atoms with Crippen LogP contribution in [-0.2, 0) is 22.6 Å². The number of likely N-dealkylation sites (N-methyl/N-ethyl adjacent to an activating group) is 1. The van der Waals surface area contributed by atoms with E-state index in [0.29, 0.717) is 19.5 Å². The van der Waals surface area contributed by atoms with Gasteiger partial charge >= 0.3 is 0 Å². The summed E-state index contributed by atoms with van der Waals surface area (Å²) in [6, 6.07) is 7.67. The summed E-state index contributed by atoms with van der Waals surface area (Å²) < 4.78 is 0.